The van der Waals surface area contributed by atoms with E-state index in [0.29, 0.717) is 12.3 Å². The molecular formula is C19H37NO. The molecule has 3 atom stereocenters. The van der Waals surface area contributed by atoms with Crippen LogP contribution in [-0.2, 0) is 0 Å². The molecular weight excluding hydrogens is 258 g/mol. The Bertz CT molecular complexity index is 290. The van der Waals surface area contributed by atoms with Gasteiger partial charge in [-0.2, -0.15) is 5.26 Å². The van der Waals surface area contributed by atoms with Gasteiger partial charge in [0.15, 0.2) is 0 Å². The van der Waals surface area contributed by atoms with Crippen molar-refractivity contribution in [2.24, 2.45) is 17.8 Å². The van der Waals surface area contributed by atoms with Crippen molar-refractivity contribution in [3.63, 3.8) is 0 Å². The van der Waals surface area contributed by atoms with Gasteiger partial charge in [0.05, 0.1) is 6.07 Å². The predicted octanol–water partition coefficient (Wildman–Crippen LogP) is 5.70. The number of nitrogens with zero attached hydrogens (tertiary/aromatic N) is 1. The second-order valence-corrected chi connectivity index (χ2v) is 7.74. The lowest BCUT2D eigenvalue weighted by Gasteiger charge is -2.17. The van der Waals surface area contributed by atoms with Crippen LogP contribution in [0, 0.1) is 29.1 Å². The lowest BCUT2D eigenvalue weighted by Crippen LogP contribution is -2.20. The zero-order valence-electron chi connectivity index (χ0n) is 15.0. The molecule has 0 spiro atoms. The van der Waals surface area contributed by atoms with E-state index >= 15 is 0 Å². The van der Waals surface area contributed by atoms with E-state index in [2.05, 4.69) is 27.7 Å². The molecule has 0 heterocycles. The van der Waals surface area contributed by atoms with Gasteiger partial charge in [-0.05, 0) is 37.5 Å². The topological polar surface area (TPSA) is 44.0 Å². The molecule has 0 aromatic heterocycles. The van der Waals surface area contributed by atoms with Crippen LogP contribution in [0.4, 0.5) is 0 Å². The van der Waals surface area contributed by atoms with Gasteiger partial charge in [-0.3, -0.25) is 0 Å². The minimum atomic E-state index is -1.13. The smallest absolute Gasteiger partial charge is 0.148 e. The summed E-state index contributed by atoms with van der Waals surface area (Å²) in [6.45, 7) is 10.9. The molecule has 2 nitrogen and oxygen atoms in total. The largest absolute Gasteiger partial charge is 0.376 e. The fourth-order valence-corrected chi connectivity index (χ4v) is 2.83. The minimum absolute atomic E-state index is 0.597. The Morgan fingerprint density at radius 3 is 1.71 bits per heavy atom. The molecule has 0 rings (SSSR count). The third-order valence-electron chi connectivity index (χ3n) is 4.47. The first-order valence-corrected chi connectivity index (χ1v) is 8.90. The molecule has 0 radical (unpaired) electrons. The third-order valence-corrected chi connectivity index (χ3v) is 4.47. The van der Waals surface area contributed by atoms with E-state index in [9.17, 15) is 5.11 Å². The lowest BCUT2D eigenvalue weighted by atomic mass is 9.90. The summed E-state index contributed by atoms with van der Waals surface area (Å²) < 4.78 is 0. The maximum atomic E-state index is 9.65. The van der Waals surface area contributed by atoms with E-state index in [1.807, 2.05) is 6.07 Å². The minimum Gasteiger partial charge on any atom is -0.376 e. The van der Waals surface area contributed by atoms with E-state index in [0.717, 1.165) is 24.7 Å². The van der Waals surface area contributed by atoms with Gasteiger partial charge in [-0.25, -0.2) is 0 Å². The van der Waals surface area contributed by atoms with Crippen molar-refractivity contribution < 1.29 is 5.11 Å². The first kappa shape index (κ1) is 20.5. The van der Waals surface area contributed by atoms with Crippen LogP contribution in [0.5, 0.6) is 0 Å². The van der Waals surface area contributed by atoms with Crippen LogP contribution in [0.2, 0.25) is 0 Å². The lowest BCUT2D eigenvalue weighted by molar-refractivity contribution is 0.105. The second kappa shape index (κ2) is 11.1. The summed E-state index contributed by atoms with van der Waals surface area (Å²) in [5.41, 5.74) is -1.13. The van der Waals surface area contributed by atoms with Crippen LogP contribution < -0.4 is 0 Å². The summed E-state index contributed by atoms with van der Waals surface area (Å²) >= 11 is 0. The Hall–Kier alpha value is -0.550. The number of hydrogen-bond acceptors (Lipinski definition) is 2. The Balaban J connectivity index is 3.57. The molecule has 0 saturated carbocycles. The van der Waals surface area contributed by atoms with Crippen LogP contribution >= 0.6 is 0 Å². The molecule has 0 bridgehead atoms. The van der Waals surface area contributed by atoms with Crippen LogP contribution in [0.1, 0.15) is 92.4 Å². The second-order valence-electron chi connectivity index (χ2n) is 7.74. The normalized spacial score (nSPS) is 17.2. The average Bonchev–Trinajstić information content (AvgIpc) is 2.38. The standard InChI is InChI=1S/C19H37NO/c1-16(2)9-6-10-17(3)11-7-12-18(4)13-8-14-19(5,21)15-20/h16-18,21H,6-14H2,1-5H3/t17-,18+,19+/m1/s1. The summed E-state index contributed by atoms with van der Waals surface area (Å²) in [7, 11) is 0. The van der Waals surface area contributed by atoms with Crippen molar-refractivity contribution in [3.8, 4) is 6.07 Å². The van der Waals surface area contributed by atoms with Crippen LogP contribution in [0.25, 0.3) is 0 Å². The highest BCUT2D eigenvalue weighted by Crippen LogP contribution is 2.22. The molecule has 2 heteroatoms. The zero-order chi connectivity index (χ0) is 16.3. The molecule has 124 valence electrons. The van der Waals surface area contributed by atoms with Gasteiger partial charge in [0.2, 0.25) is 0 Å². The van der Waals surface area contributed by atoms with Gasteiger partial charge >= 0.3 is 0 Å². The van der Waals surface area contributed by atoms with Crippen molar-refractivity contribution >= 4 is 0 Å². The summed E-state index contributed by atoms with van der Waals surface area (Å²) in [4.78, 5) is 0. The maximum Gasteiger partial charge on any atom is 0.148 e. The molecule has 0 aliphatic carbocycles. The molecule has 21 heavy (non-hydrogen) atoms. The summed E-state index contributed by atoms with van der Waals surface area (Å²) in [5.74, 6) is 2.40. The van der Waals surface area contributed by atoms with Crippen molar-refractivity contribution in [1.82, 2.24) is 0 Å². The fourth-order valence-electron chi connectivity index (χ4n) is 2.83. The molecule has 0 aliphatic heterocycles. The number of aliphatic hydroxyl groups is 1. The van der Waals surface area contributed by atoms with E-state index in [-0.39, 0.29) is 0 Å². The highest BCUT2D eigenvalue weighted by molar-refractivity contribution is 4.95. The highest BCUT2D eigenvalue weighted by atomic mass is 16.3. The third kappa shape index (κ3) is 12.9. The van der Waals surface area contributed by atoms with Crippen molar-refractivity contribution in [2.45, 2.75) is 98.0 Å². The van der Waals surface area contributed by atoms with Gasteiger partial charge in [0, 0.05) is 0 Å². The first-order chi connectivity index (χ1) is 9.76. The van der Waals surface area contributed by atoms with Gasteiger partial charge in [-0.15, -0.1) is 0 Å². The first-order valence-electron chi connectivity index (χ1n) is 8.90. The highest BCUT2D eigenvalue weighted by Gasteiger charge is 2.18. The molecule has 0 unspecified atom stereocenters. The number of nitriles is 1. The van der Waals surface area contributed by atoms with E-state index in [4.69, 9.17) is 5.26 Å². The summed E-state index contributed by atoms with van der Waals surface area (Å²) in [6.07, 6.45) is 10.7. The van der Waals surface area contributed by atoms with Gasteiger partial charge in [-0.1, -0.05) is 72.6 Å². The molecule has 0 aromatic rings. The Labute approximate surface area is 132 Å². The van der Waals surface area contributed by atoms with E-state index in [1.54, 1.807) is 6.92 Å². The van der Waals surface area contributed by atoms with Crippen molar-refractivity contribution in [2.75, 3.05) is 0 Å². The number of rotatable bonds is 12. The van der Waals surface area contributed by atoms with Gasteiger partial charge < -0.3 is 5.11 Å². The molecule has 0 saturated heterocycles. The summed E-state index contributed by atoms with van der Waals surface area (Å²) in [6, 6.07) is 1.96. The quantitative estimate of drug-likeness (QED) is 0.469. The van der Waals surface area contributed by atoms with Gasteiger partial charge in [0.25, 0.3) is 0 Å². The Morgan fingerprint density at radius 1 is 0.857 bits per heavy atom. The van der Waals surface area contributed by atoms with Crippen molar-refractivity contribution in [1.29, 1.82) is 5.26 Å². The monoisotopic (exact) mass is 295 g/mol. The maximum absolute atomic E-state index is 9.65. The van der Waals surface area contributed by atoms with E-state index in [1.165, 1.54) is 38.5 Å². The molecule has 0 aromatic carbocycles. The molecule has 1 N–H and O–H groups in total. The molecule has 0 amide bonds. The average molecular weight is 296 g/mol. The number of hydrogen-bond donors (Lipinski definition) is 1. The van der Waals surface area contributed by atoms with Gasteiger partial charge in [0.1, 0.15) is 5.60 Å². The molecule has 0 fully saturated rings. The fraction of sp³-hybridized carbons (Fsp3) is 0.947. The Kier molecular flexibility index (Phi) is 10.8. The van der Waals surface area contributed by atoms with Crippen molar-refractivity contribution in [3.05, 3.63) is 0 Å². The van der Waals surface area contributed by atoms with Crippen LogP contribution in [0.3, 0.4) is 0 Å². The van der Waals surface area contributed by atoms with E-state index < -0.39 is 5.60 Å². The SMILES string of the molecule is CC(C)CCC[C@@H](C)CCC[C@H](C)CCC[C@](C)(O)C#N. The predicted molar refractivity (Wildman–Crippen MR) is 91.0 cm³/mol. The van der Waals surface area contributed by atoms with Crippen LogP contribution in [-0.4, -0.2) is 10.7 Å². The molecule has 0 aliphatic rings. The zero-order valence-corrected chi connectivity index (χ0v) is 15.0. The Morgan fingerprint density at radius 2 is 1.29 bits per heavy atom. The van der Waals surface area contributed by atoms with Crippen LogP contribution in [0.15, 0.2) is 0 Å². The summed E-state index contributed by atoms with van der Waals surface area (Å²) in [5, 5.41) is 18.4.